The van der Waals surface area contributed by atoms with E-state index in [0.717, 1.165) is 35.4 Å². The summed E-state index contributed by atoms with van der Waals surface area (Å²) in [5, 5.41) is 0. The Morgan fingerprint density at radius 3 is 0.927 bits per heavy atom. The highest BCUT2D eigenvalue weighted by molar-refractivity contribution is 4.80. The molecule has 4 nitrogen and oxygen atoms in total. The Hall–Kier alpha value is -0.160. The van der Waals surface area contributed by atoms with Gasteiger partial charge in [-0.2, -0.15) is 0 Å². The van der Waals surface area contributed by atoms with Gasteiger partial charge in [0.2, 0.25) is 0 Å². The SMILES string of the molecule is CCCCCCCCCCCCOCC(CC[N+](C)(C)C)(CC[N+](C)(C)C)COCCCCCCCCCCCC. The van der Waals surface area contributed by atoms with Crippen molar-refractivity contribution in [1.82, 2.24) is 0 Å². The highest BCUT2D eigenvalue weighted by atomic mass is 16.5. The summed E-state index contributed by atoms with van der Waals surface area (Å²) >= 11 is 0. The van der Waals surface area contributed by atoms with Gasteiger partial charge < -0.3 is 18.4 Å². The molecule has 0 heterocycles. The summed E-state index contributed by atoms with van der Waals surface area (Å²) in [7, 11) is 13.9. The standard InChI is InChI=1S/C37H80N2O2/c1-9-11-13-15-17-19-21-23-25-27-33-40-35-37(29-31-38(3,4)5,30-32-39(6,7)8)36-41-34-28-26-24-22-20-18-16-14-12-10-2/h9-36H2,1-8H3/q+2. The maximum absolute atomic E-state index is 6.47. The van der Waals surface area contributed by atoms with Crippen LogP contribution in [0.2, 0.25) is 0 Å². The van der Waals surface area contributed by atoms with Gasteiger partial charge in [0.1, 0.15) is 0 Å². The van der Waals surface area contributed by atoms with E-state index in [4.69, 9.17) is 9.47 Å². The van der Waals surface area contributed by atoms with Crippen molar-refractivity contribution >= 4 is 0 Å². The van der Waals surface area contributed by atoms with Crippen molar-refractivity contribution in [1.29, 1.82) is 0 Å². The fourth-order valence-electron chi connectivity index (χ4n) is 5.56. The number of rotatable bonds is 32. The van der Waals surface area contributed by atoms with Gasteiger partial charge in [-0.15, -0.1) is 0 Å². The lowest BCUT2D eigenvalue weighted by molar-refractivity contribution is -0.874. The smallest absolute Gasteiger partial charge is 0.0787 e. The molecule has 0 aromatic carbocycles. The van der Waals surface area contributed by atoms with E-state index >= 15 is 0 Å². The third kappa shape index (κ3) is 29.7. The highest BCUT2D eigenvalue weighted by Crippen LogP contribution is 2.30. The molecule has 0 fully saturated rings. The molecule has 0 radical (unpaired) electrons. The average molecular weight is 585 g/mol. The molecule has 4 heteroatoms. The minimum Gasteiger partial charge on any atom is -0.381 e. The Balaban J connectivity index is 4.54. The number of hydrogen-bond acceptors (Lipinski definition) is 2. The van der Waals surface area contributed by atoms with Crippen LogP contribution in [0, 0.1) is 5.41 Å². The Morgan fingerprint density at radius 2 is 0.659 bits per heavy atom. The quantitative estimate of drug-likeness (QED) is 0.0578. The van der Waals surface area contributed by atoms with E-state index < -0.39 is 0 Å². The van der Waals surface area contributed by atoms with Crippen molar-refractivity contribution in [3.8, 4) is 0 Å². The molecule has 41 heavy (non-hydrogen) atoms. The number of quaternary nitrogens is 2. The van der Waals surface area contributed by atoms with E-state index in [1.165, 1.54) is 154 Å². The predicted molar refractivity (Wildman–Crippen MR) is 183 cm³/mol. The van der Waals surface area contributed by atoms with E-state index in [2.05, 4.69) is 56.1 Å². The number of nitrogens with zero attached hydrogens (tertiary/aromatic N) is 2. The van der Waals surface area contributed by atoms with E-state index in [1.807, 2.05) is 0 Å². The van der Waals surface area contributed by atoms with Gasteiger partial charge in [0, 0.05) is 31.5 Å². The van der Waals surface area contributed by atoms with Gasteiger partial charge in [-0.1, -0.05) is 129 Å². The molecule has 0 saturated carbocycles. The van der Waals surface area contributed by atoms with Gasteiger partial charge in [-0.25, -0.2) is 0 Å². The molecule has 0 amide bonds. The van der Waals surface area contributed by atoms with Gasteiger partial charge in [-0.05, 0) is 12.8 Å². The summed E-state index contributed by atoms with van der Waals surface area (Å²) in [6, 6.07) is 0. The van der Waals surface area contributed by atoms with Crippen LogP contribution in [0.4, 0.5) is 0 Å². The molecule has 0 N–H and O–H groups in total. The van der Waals surface area contributed by atoms with E-state index in [9.17, 15) is 0 Å². The average Bonchev–Trinajstić information content (AvgIpc) is 2.91. The van der Waals surface area contributed by atoms with Crippen molar-refractivity contribution in [2.45, 2.75) is 155 Å². The largest absolute Gasteiger partial charge is 0.381 e. The third-order valence-electron chi connectivity index (χ3n) is 8.73. The van der Waals surface area contributed by atoms with Crippen molar-refractivity contribution < 1.29 is 18.4 Å². The first-order valence-corrected chi connectivity index (χ1v) is 18.3. The lowest BCUT2D eigenvalue weighted by Gasteiger charge is -2.38. The molecule has 248 valence electrons. The number of unbranched alkanes of at least 4 members (excludes halogenated alkanes) is 18. The molecule has 0 spiro atoms. The monoisotopic (exact) mass is 585 g/mol. The molecule has 0 aromatic rings. The normalized spacial score (nSPS) is 12.9. The molecule has 0 saturated heterocycles. The minimum absolute atomic E-state index is 0.119. The van der Waals surface area contributed by atoms with Crippen LogP contribution in [0.3, 0.4) is 0 Å². The van der Waals surface area contributed by atoms with Crippen LogP contribution < -0.4 is 0 Å². The van der Waals surface area contributed by atoms with Crippen LogP contribution in [0.5, 0.6) is 0 Å². The molecule has 0 aliphatic heterocycles. The zero-order chi connectivity index (χ0) is 30.7. The van der Waals surface area contributed by atoms with E-state index in [0.29, 0.717) is 0 Å². The highest BCUT2D eigenvalue weighted by Gasteiger charge is 2.35. The Bertz CT molecular complexity index is 490. The van der Waals surface area contributed by atoms with Gasteiger partial charge in [0.25, 0.3) is 0 Å². The molecular formula is C37H80N2O2+2. The van der Waals surface area contributed by atoms with E-state index in [-0.39, 0.29) is 5.41 Å². The zero-order valence-electron chi connectivity index (χ0n) is 30.0. The van der Waals surface area contributed by atoms with E-state index in [1.54, 1.807) is 0 Å². The summed E-state index contributed by atoms with van der Waals surface area (Å²) in [6.45, 7) is 10.4. The summed E-state index contributed by atoms with van der Waals surface area (Å²) < 4.78 is 14.9. The summed E-state index contributed by atoms with van der Waals surface area (Å²) in [5.41, 5.74) is 0.119. The second-order valence-corrected chi connectivity index (χ2v) is 15.5. The summed E-state index contributed by atoms with van der Waals surface area (Å²) in [4.78, 5) is 0. The lowest BCUT2D eigenvalue weighted by atomic mass is 9.81. The Kier molecular flexibility index (Phi) is 26.2. The Labute approximate surface area is 260 Å². The van der Waals surface area contributed by atoms with Crippen LogP contribution in [0.25, 0.3) is 0 Å². The maximum Gasteiger partial charge on any atom is 0.0787 e. The van der Waals surface area contributed by atoms with Crippen LogP contribution >= 0.6 is 0 Å². The predicted octanol–water partition coefficient (Wildman–Crippen LogP) is 10.0. The molecular weight excluding hydrogens is 504 g/mol. The zero-order valence-corrected chi connectivity index (χ0v) is 30.0. The molecule has 0 aromatic heterocycles. The first kappa shape index (κ1) is 40.8. The molecule has 0 atom stereocenters. The second-order valence-electron chi connectivity index (χ2n) is 15.5. The second kappa shape index (κ2) is 26.3. The molecule has 0 aliphatic rings. The van der Waals surface area contributed by atoms with Crippen LogP contribution in [0.1, 0.15) is 155 Å². The Morgan fingerprint density at radius 1 is 0.390 bits per heavy atom. The third-order valence-corrected chi connectivity index (χ3v) is 8.73. The van der Waals surface area contributed by atoms with Gasteiger partial charge in [0.15, 0.2) is 0 Å². The fourth-order valence-corrected chi connectivity index (χ4v) is 5.56. The summed E-state index contributed by atoms with van der Waals surface area (Å²) in [5.74, 6) is 0. The molecule has 0 bridgehead atoms. The van der Waals surface area contributed by atoms with Crippen LogP contribution in [-0.2, 0) is 9.47 Å². The van der Waals surface area contributed by atoms with Crippen molar-refractivity contribution in [2.75, 3.05) is 81.8 Å². The van der Waals surface area contributed by atoms with Crippen molar-refractivity contribution in [2.24, 2.45) is 5.41 Å². The summed E-state index contributed by atoms with van der Waals surface area (Å²) in [6.07, 6.45) is 29.8. The minimum atomic E-state index is 0.119. The number of ether oxygens (including phenoxy) is 2. The van der Waals surface area contributed by atoms with Crippen LogP contribution in [-0.4, -0.2) is 90.8 Å². The van der Waals surface area contributed by atoms with Gasteiger partial charge in [0.05, 0.1) is 68.6 Å². The van der Waals surface area contributed by atoms with Crippen molar-refractivity contribution in [3.05, 3.63) is 0 Å². The molecule has 0 unspecified atom stereocenters. The first-order valence-electron chi connectivity index (χ1n) is 18.3. The molecule has 0 rings (SSSR count). The van der Waals surface area contributed by atoms with Crippen molar-refractivity contribution in [3.63, 3.8) is 0 Å². The van der Waals surface area contributed by atoms with Gasteiger partial charge >= 0.3 is 0 Å². The topological polar surface area (TPSA) is 18.5 Å². The lowest BCUT2D eigenvalue weighted by Crippen LogP contribution is -2.45. The van der Waals surface area contributed by atoms with Gasteiger partial charge in [-0.3, -0.25) is 0 Å². The molecule has 0 aliphatic carbocycles. The maximum atomic E-state index is 6.47. The fraction of sp³-hybridized carbons (Fsp3) is 1.00. The van der Waals surface area contributed by atoms with Crippen LogP contribution in [0.15, 0.2) is 0 Å². The number of hydrogen-bond donors (Lipinski definition) is 0. The first-order chi connectivity index (χ1) is 19.5.